The van der Waals surface area contributed by atoms with Crippen molar-refractivity contribution in [2.75, 3.05) is 31.1 Å². The van der Waals surface area contributed by atoms with Gasteiger partial charge in [0.05, 0.1) is 0 Å². The first-order chi connectivity index (χ1) is 15.0. The van der Waals surface area contributed by atoms with Crippen molar-refractivity contribution in [3.8, 4) is 11.4 Å². The minimum absolute atomic E-state index is 0.0796. The third-order valence-electron chi connectivity index (χ3n) is 5.76. The molecule has 0 spiro atoms. The Morgan fingerprint density at radius 1 is 1.00 bits per heavy atom. The molecule has 1 aliphatic heterocycles. The number of halogens is 1. The predicted octanol–water partition coefficient (Wildman–Crippen LogP) is 5.05. The van der Waals surface area contributed by atoms with Crippen LogP contribution in [0, 0.1) is 13.8 Å². The first-order valence-corrected chi connectivity index (χ1v) is 11.5. The van der Waals surface area contributed by atoms with Crippen molar-refractivity contribution in [3.63, 3.8) is 0 Å². The first-order valence-electron chi connectivity index (χ1n) is 10.7. The zero-order valence-corrected chi connectivity index (χ0v) is 19.8. The molecule has 0 N–H and O–H groups in total. The van der Waals surface area contributed by atoms with Crippen molar-refractivity contribution in [3.05, 3.63) is 75.4 Å². The number of aryl methyl sites for hydroxylation is 2. The Hall–Kier alpha value is -2.73. The fraction of sp³-hybridized carbons (Fsp3) is 0.320. The van der Waals surface area contributed by atoms with E-state index >= 15 is 0 Å². The van der Waals surface area contributed by atoms with Gasteiger partial charge in [-0.3, -0.25) is 4.79 Å². The summed E-state index contributed by atoms with van der Waals surface area (Å²) in [5.41, 5.74) is 5.16. The number of benzene rings is 2. The Morgan fingerprint density at radius 3 is 2.42 bits per heavy atom. The lowest BCUT2D eigenvalue weighted by molar-refractivity contribution is 0.0746. The number of carbonyl (C=O) groups is 1. The minimum Gasteiger partial charge on any atom is -0.353 e. The van der Waals surface area contributed by atoms with Gasteiger partial charge in [-0.05, 0) is 44.5 Å². The number of rotatable bonds is 4. The Balaban J connectivity index is 1.57. The zero-order chi connectivity index (χ0) is 22.0. The fourth-order valence-corrected chi connectivity index (χ4v) is 4.49. The van der Waals surface area contributed by atoms with Gasteiger partial charge in [-0.1, -0.05) is 52.7 Å². The van der Waals surface area contributed by atoms with E-state index in [-0.39, 0.29) is 5.91 Å². The lowest BCUT2D eigenvalue weighted by atomic mass is 10.1. The van der Waals surface area contributed by atoms with Crippen molar-refractivity contribution < 1.29 is 4.79 Å². The molecule has 31 heavy (non-hydrogen) atoms. The molecule has 6 heteroatoms. The summed E-state index contributed by atoms with van der Waals surface area (Å²) in [4.78, 5) is 26.9. The third kappa shape index (κ3) is 4.64. The number of nitrogens with zero attached hydrogens (tertiary/aromatic N) is 4. The van der Waals surface area contributed by atoms with Gasteiger partial charge in [0, 0.05) is 53.0 Å². The molecule has 160 valence electrons. The molecule has 4 rings (SSSR count). The Morgan fingerprint density at radius 2 is 1.74 bits per heavy atom. The Bertz CT molecular complexity index is 1110. The van der Waals surface area contributed by atoms with Gasteiger partial charge in [0.1, 0.15) is 5.82 Å². The van der Waals surface area contributed by atoms with Gasteiger partial charge < -0.3 is 9.80 Å². The first kappa shape index (κ1) is 21.5. The number of amides is 1. The molecule has 1 saturated heterocycles. The van der Waals surface area contributed by atoms with Crippen LogP contribution < -0.4 is 4.90 Å². The summed E-state index contributed by atoms with van der Waals surface area (Å²) in [5.74, 6) is 1.85. The van der Waals surface area contributed by atoms with Crippen LogP contribution in [0.1, 0.15) is 34.1 Å². The van der Waals surface area contributed by atoms with E-state index < -0.39 is 0 Å². The summed E-state index contributed by atoms with van der Waals surface area (Å²) in [6, 6.07) is 15.9. The molecule has 0 saturated carbocycles. The van der Waals surface area contributed by atoms with Crippen LogP contribution in [-0.4, -0.2) is 47.0 Å². The summed E-state index contributed by atoms with van der Waals surface area (Å²) in [6.07, 6.45) is 0.881. The molecule has 2 aromatic carbocycles. The molecule has 0 aliphatic carbocycles. The van der Waals surface area contributed by atoms with Crippen LogP contribution >= 0.6 is 15.9 Å². The number of anilines is 1. The second kappa shape index (κ2) is 9.18. The molecule has 3 aromatic rings. The molecule has 1 fully saturated rings. The van der Waals surface area contributed by atoms with E-state index in [1.54, 1.807) is 0 Å². The number of aromatic nitrogens is 2. The van der Waals surface area contributed by atoms with Gasteiger partial charge >= 0.3 is 0 Å². The van der Waals surface area contributed by atoms with Crippen LogP contribution in [0.4, 0.5) is 5.82 Å². The second-order valence-corrected chi connectivity index (χ2v) is 8.86. The second-order valence-electron chi connectivity index (χ2n) is 7.95. The maximum absolute atomic E-state index is 12.9. The van der Waals surface area contributed by atoms with Gasteiger partial charge in [-0.15, -0.1) is 0 Å². The summed E-state index contributed by atoms with van der Waals surface area (Å²) < 4.78 is 0.921. The highest BCUT2D eigenvalue weighted by Gasteiger charge is 2.25. The highest BCUT2D eigenvalue weighted by Crippen LogP contribution is 2.27. The van der Waals surface area contributed by atoms with Crippen LogP contribution in [0.5, 0.6) is 0 Å². The molecule has 0 unspecified atom stereocenters. The molecule has 1 aromatic heterocycles. The molecular weight excluding hydrogens is 452 g/mol. The smallest absolute Gasteiger partial charge is 0.254 e. The Labute approximate surface area is 192 Å². The maximum atomic E-state index is 12.9. The monoisotopic (exact) mass is 478 g/mol. The lowest BCUT2D eigenvalue weighted by Crippen LogP contribution is -2.49. The maximum Gasteiger partial charge on any atom is 0.254 e. The quantitative estimate of drug-likeness (QED) is 0.526. The van der Waals surface area contributed by atoms with Gasteiger partial charge in [0.2, 0.25) is 0 Å². The molecule has 5 nitrogen and oxygen atoms in total. The standard InChI is InChI=1S/C25H27BrN4O/c1-4-22-18(3)27-23(19-8-5-7-17(2)15-19)28-24(22)29-11-13-30(14-12-29)25(31)20-9-6-10-21(26)16-20/h5-10,15-16H,4,11-14H2,1-3H3. The molecule has 1 amide bonds. The molecule has 1 aliphatic rings. The lowest BCUT2D eigenvalue weighted by Gasteiger charge is -2.36. The van der Waals surface area contributed by atoms with Crippen LogP contribution in [0.2, 0.25) is 0 Å². The van der Waals surface area contributed by atoms with E-state index in [1.165, 1.54) is 11.1 Å². The van der Waals surface area contributed by atoms with E-state index in [0.717, 1.165) is 52.4 Å². The topological polar surface area (TPSA) is 49.3 Å². The molecule has 0 radical (unpaired) electrons. The number of hydrogen-bond acceptors (Lipinski definition) is 4. The summed E-state index contributed by atoms with van der Waals surface area (Å²) in [6.45, 7) is 9.17. The van der Waals surface area contributed by atoms with Crippen molar-refractivity contribution in [1.29, 1.82) is 0 Å². The molecular formula is C25H27BrN4O. The summed E-state index contributed by atoms with van der Waals surface area (Å²) in [7, 11) is 0. The van der Waals surface area contributed by atoms with E-state index in [2.05, 4.69) is 59.8 Å². The van der Waals surface area contributed by atoms with Crippen molar-refractivity contribution in [1.82, 2.24) is 14.9 Å². The fourth-order valence-electron chi connectivity index (χ4n) is 4.10. The van der Waals surface area contributed by atoms with Crippen molar-refractivity contribution >= 4 is 27.7 Å². The highest BCUT2D eigenvalue weighted by atomic mass is 79.9. The SMILES string of the molecule is CCc1c(C)nc(-c2cccc(C)c2)nc1N1CCN(C(=O)c2cccc(Br)c2)CC1. The third-order valence-corrected chi connectivity index (χ3v) is 6.25. The van der Waals surface area contributed by atoms with Crippen molar-refractivity contribution in [2.24, 2.45) is 0 Å². The van der Waals surface area contributed by atoms with E-state index in [9.17, 15) is 4.79 Å². The average molecular weight is 479 g/mol. The van der Waals surface area contributed by atoms with E-state index in [0.29, 0.717) is 13.1 Å². The van der Waals surface area contributed by atoms with Crippen LogP contribution in [0.15, 0.2) is 53.0 Å². The van der Waals surface area contributed by atoms with Gasteiger partial charge in [-0.25, -0.2) is 9.97 Å². The number of carbonyl (C=O) groups excluding carboxylic acids is 1. The molecule has 0 atom stereocenters. The molecule has 0 bridgehead atoms. The van der Waals surface area contributed by atoms with Crippen LogP contribution in [0.25, 0.3) is 11.4 Å². The van der Waals surface area contributed by atoms with Crippen molar-refractivity contribution in [2.45, 2.75) is 27.2 Å². The Kier molecular flexibility index (Phi) is 6.37. The summed E-state index contributed by atoms with van der Waals surface area (Å²) >= 11 is 3.45. The molecule has 2 heterocycles. The van der Waals surface area contributed by atoms with Crippen LogP contribution in [0.3, 0.4) is 0 Å². The predicted molar refractivity (Wildman–Crippen MR) is 129 cm³/mol. The van der Waals surface area contributed by atoms with Gasteiger partial charge in [-0.2, -0.15) is 0 Å². The van der Waals surface area contributed by atoms with Gasteiger partial charge in [0.15, 0.2) is 5.82 Å². The van der Waals surface area contributed by atoms with Crippen LogP contribution in [-0.2, 0) is 6.42 Å². The average Bonchev–Trinajstić information content (AvgIpc) is 2.78. The highest BCUT2D eigenvalue weighted by molar-refractivity contribution is 9.10. The van der Waals surface area contributed by atoms with E-state index in [4.69, 9.17) is 9.97 Å². The van der Waals surface area contributed by atoms with E-state index in [1.807, 2.05) is 35.2 Å². The van der Waals surface area contributed by atoms with Gasteiger partial charge in [0.25, 0.3) is 5.91 Å². The largest absolute Gasteiger partial charge is 0.353 e. The number of hydrogen-bond donors (Lipinski definition) is 0. The summed E-state index contributed by atoms with van der Waals surface area (Å²) in [5, 5.41) is 0. The minimum atomic E-state index is 0.0796. The number of piperazine rings is 1. The normalized spacial score (nSPS) is 14.1. The zero-order valence-electron chi connectivity index (χ0n) is 18.2.